The summed E-state index contributed by atoms with van der Waals surface area (Å²) in [5, 5.41) is 11.1. The highest BCUT2D eigenvalue weighted by Gasteiger charge is 2.63. The van der Waals surface area contributed by atoms with Crippen molar-refractivity contribution in [2.45, 2.75) is 24.6 Å². The predicted molar refractivity (Wildman–Crippen MR) is 52.8 cm³/mol. The number of nitrogens with one attached hydrogen (secondary N) is 1. The van der Waals surface area contributed by atoms with E-state index in [1.54, 1.807) is 0 Å². The summed E-state index contributed by atoms with van der Waals surface area (Å²) < 4.78 is 38.1. The quantitative estimate of drug-likeness (QED) is 0.858. The van der Waals surface area contributed by atoms with Gasteiger partial charge in [-0.15, -0.1) is 0 Å². The third-order valence-electron chi connectivity index (χ3n) is 2.72. The molecule has 0 radical (unpaired) electrons. The topological polar surface area (TPSA) is 62.2 Å². The van der Waals surface area contributed by atoms with Gasteiger partial charge in [-0.1, -0.05) is 0 Å². The number of pyridine rings is 1. The van der Waals surface area contributed by atoms with Crippen molar-refractivity contribution in [3.05, 3.63) is 24.0 Å². The Morgan fingerprint density at radius 1 is 1.47 bits per heavy atom. The minimum Gasteiger partial charge on any atom is -0.478 e. The Hall–Kier alpha value is -1.79. The highest BCUT2D eigenvalue weighted by molar-refractivity contribution is 5.93. The molecule has 92 valence electrons. The molecule has 2 rings (SSSR count). The standard InChI is InChI=1S/C10H9F3N2O2/c11-10(12,13)9(2-3-9)15-7-1-4-14-5-6(7)8(16)17/h1,4-5H,2-3H2,(H,14,15)(H,16,17). The monoisotopic (exact) mass is 246 g/mol. The van der Waals surface area contributed by atoms with Crippen molar-refractivity contribution in [2.75, 3.05) is 5.32 Å². The molecule has 17 heavy (non-hydrogen) atoms. The number of anilines is 1. The van der Waals surface area contributed by atoms with Gasteiger partial charge in [-0.25, -0.2) is 4.79 Å². The highest BCUT2D eigenvalue weighted by atomic mass is 19.4. The fraction of sp³-hybridized carbons (Fsp3) is 0.400. The predicted octanol–water partition coefficient (Wildman–Crippen LogP) is 2.29. The zero-order valence-electron chi connectivity index (χ0n) is 8.58. The summed E-state index contributed by atoms with van der Waals surface area (Å²) >= 11 is 0. The molecule has 0 atom stereocenters. The van der Waals surface area contributed by atoms with E-state index in [9.17, 15) is 18.0 Å². The number of hydrogen-bond acceptors (Lipinski definition) is 3. The van der Waals surface area contributed by atoms with Crippen LogP contribution in [0.25, 0.3) is 0 Å². The Morgan fingerprint density at radius 3 is 2.59 bits per heavy atom. The lowest BCUT2D eigenvalue weighted by molar-refractivity contribution is -0.151. The molecular formula is C10H9F3N2O2. The van der Waals surface area contributed by atoms with Crippen LogP contribution in [-0.2, 0) is 0 Å². The van der Waals surface area contributed by atoms with Crippen molar-refractivity contribution >= 4 is 11.7 Å². The van der Waals surface area contributed by atoms with Crippen LogP contribution in [0.15, 0.2) is 18.5 Å². The molecule has 0 unspecified atom stereocenters. The van der Waals surface area contributed by atoms with Gasteiger partial charge in [0.2, 0.25) is 0 Å². The number of halogens is 3. The molecule has 0 spiro atoms. The molecule has 1 aliphatic rings. The minimum atomic E-state index is -4.38. The molecule has 0 bridgehead atoms. The van der Waals surface area contributed by atoms with Crippen LogP contribution < -0.4 is 5.32 Å². The first-order valence-corrected chi connectivity index (χ1v) is 4.88. The number of aromatic nitrogens is 1. The van der Waals surface area contributed by atoms with E-state index in [1.165, 1.54) is 12.3 Å². The number of aromatic carboxylic acids is 1. The second-order valence-corrected chi connectivity index (χ2v) is 3.93. The van der Waals surface area contributed by atoms with E-state index in [0.717, 1.165) is 6.20 Å². The molecule has 4 nitrogen and oxygen atoms in total. The van der Waals surface area contributed by atoms with E-state index >= 15 is 0 Å². The van der Waals surface area contributed by atoms with Crippen LogP contribution in [0.5, 0.6) is 0 Å². The minimum absolute atomic E-state index is 0.0438. The number of carboxylic acids is 1. The molecule has 0 saturated heterocycles. The van der Waals surface area contributed by atoms with Gasteiger partial charge in [-0.2, -0.15) is 13.2 Å². The maximum atomic E-state index is 12.7. The second kappa shape index (κ2) is 3.61. The normalized spacial score (nSPS) is 17.6. The summed E-state index contributed by atoms with van der Waals surface area (Å²) in [7, 11) is 0. The van der Waals surface area contributed by atoms with Crippen LogP contribution >= 0.6 is 0 Å². The van der Waals surface area contributed by atoms with E-state index < -0.39 is 17.7 Å². The maximum Gasteiger partial charge on any atom is 0.411 e. The number of alkyl halides is 3. The third kappa shape index (κ3) is 2.04. The smallest absolute Gasteiger partial charge is 0.411 e. The Labute approximate surface area is 94.5 Å². The van der Waals surface area contributed by atoms with Crippen molar-refractivity contribution in [1.29, 1.82) is 0 Å². The number of carbonyl (C=O) groups is 1. The summed E-state index contributed by atoms with van der Waals surface area (Å²) in [6.07, 6.45) is -2.19. The first kappa shape index (κ1) is 11.7. The van der Waals surface area contributed by atoms with E-state index in [4.69, 9.17) is 5.11 Å². The Bertz CT molecular complexity index is 455. The van der Waals surface area contributed by atoms with E-state index in [0.29, 0.717) is 0 Å². The lowest BCUT2D eigenvalue weighted by Gasteiger charge is -2.22. The number of hydrogen-bond donors (Lipinski definition) is 2. The first-order valence-electron chi connectivity index (χ1n) is 4.88. The van der Waals surface area contributed by atoms with Crippen molar-refractivity contribution in [2.24, 2.45) is 0 Å². The fourth-order valence-electron chi connectivity index (χ4n) is 1.54. The highest BCUT2D eigenvalue weighted by Crippen LogP contribution is 2.51. The van der Waals surface area contributed by atoms with Gasteiger partial charge in [0.1, 0.15) is 11.1 Å². The summed E-state index contributed by atoms with van der Waals surface area (Å²) in [5.41, 5.74) is -2.29. The van der Waals surface area contributed by atoms with E-state index in [-0.39, 0.29) is 24.1 Å². The van der Waals surface area contributed by atoms with Crippen LogP contribution in [0.4, 0.5) is 18.9 Å². The third-order valence-corrected chi connectivity index (χ3v) is 2.72. The second-order valence-electron chi connectivity index (χ2n) is 3.93. The average molecular weight is 246 g/mol. The molecule has 1 saturated carbocycles. The average Bonchev–Trinajstić information content (AvgIpc) is 2.98. The van der Waals surface area contributed by atoms with Gasteiger partial charge >= 0.3 is 12.1 Å². The van der Waals surface area contributed by atoms with Gasteiger partial charge in [0, 0.05) is 12.4 Å². The van der Waals surface area contributed by atoms with Crippen LogP contribution in [0.2, 0.25) is 0 Å². The largest absolute Gasteiger partial charge is 0.478 e. The lowest BCUT2D eigenvalue weighted by atomic mass is 10.2. The van der Waals surface area contributed by atoms with Gasteiger partial charge in [-0.05, 0) is 18.9 Å². The molecule has 1 aromatic rings. The first-order chi connectivity index (χ1) is 7.86. The molecule has 1 fully saturated rings. The summed E-state index contributed by atoms with van der Waals surface area (Å²) in [4.78, 5) is 14.4. The molecule has 2 N–H and O–H groups in total. The van der Waals surface area contributed by atoms with Crippen LogP contribution in [-0.4, -0.2) is 27.8 Å². The Balaban J connectivity index is 2.29. The van der Waals surface area contributed by atoms with E-state index in [2.05, 4.69) is 10.3 Å². The zero-order chi connectivity index (χ0) is 12.7. The lowest BCUT2D eigenvalue weighted by Crippen LogP contribution is -2.39. The van der Waals surface area contributed by atoms with Crippen LogP contribution in [0.3, 0.4) is 0 Å². The molecular weight excluding hydrogens is 237 g/mol. The van der Waals surface area contributed by atoms with Crippen LogP contribution in [0.1, 0.15) is 23.2 Å². The van der Waals surface area contributed by atoms with Gasteiger partial charge in [0.05, 0.1) is 5.69 Å². The number of carboxylic acid groups (broad SMARTS) is 1. The fourth-order valence-corrected chi connectivity index (χ4v) is 1.54. The Morgan fingerprint density at radius 2 is 2.12 bits per heavy atom. The molecule has 1 aromatic heterocycles. The number of rotatable bonds is 3. The number of nitrogens with zero attached hydrogens (tertiary/aromatic N) is 1. The summed E-state index contributed by atoms with van der Waals surface area (Å²) in [5.74, 6) is -1.31. The molecule has 0 aromatic carbocycles. The SMILES string of the molecule is O=C(O)c1cnccc1NC1(C(F)(F)F)CC1. The van der Waals surface area contributed by atoms with Gasteiger partial charge in [0.15, 0.2) is 0 Å². The molecule has 1 heterocycles. The van der Waals surface area contributed by atoms with Crippen LogP contribution in [0, 0.1) is 0 Å². The van der Waals surface area contributed by atoms with Gasteiger partial charge in [-0.3, -0.25) is 4.98 Å². The van der Waals surface area contributed by atoms with Crippen molar-refractivity contribution in [3.8, 4) is 0 Å². The van der Waals surface area contributed by atoms with Gasteiger partial charge < -0.3 is 10.4 Å². The van der Waals surface area contributed by atoms with Crippen molar-refractivity contribution in [3.63, 3.8) is 0 Å². The maximum absolute atomic E-state index is 12.7. The van der Waals surface area contributed by atoms with Gasteiger partial charge in [0.25, 0.3) is 0 Å². The van der Waals surface area contributed by atoms with Crippen molar-refractivity contribution < 1.29 is 23.1 Å². The summed E-state index contributed by atoms with van der Waals surface area (Å²) in [6, 6.07) is 1.23. The molecule has 0 amide bonds. The molecule has 1 aliphatic carbocycles. The zero-order valence-corrected chi connectivity index (χ0v) is 8.58. The Kier molecular flexibility index (Phi) is 2.48. The molecule has 0 aliphatic heterocycles. The summed E-state index contributed by atoms with van der Waals surface area (Å²) in [6.45, 7) is 0. The molecule has 7 heteroatoms. The van der Waals surface area contributed by atoms with E-state index in [1.807, 2.05) is 0 Å². The van der Waals surface area contributed by atoms with Crippen molar-refractivity contribution in [1.82, 2.24) is 4.98 Å².